The Morgan fingerprint density at radius 3 is 2.81 bits per heavy atom. The predicted molar refractivity (Wildman–Crippen MR) is 82.4 cm³/mol. The molecule has 0 aliphatic carbocycles. The third-order valence-electron chi connectivity index (χ3n) is 3.08. The van der Waals surface area contributed by atoms with Gasteiger partial charge in [0.25, 0.3) is 0 Å². The lowest BCUT2D eigenvalue weighted by molar-refractivity contribution is 0.112. The molecule has 6 heteroatoms. The first kappa shape index (κ1) is 13.6. The number of aryl methyl sites for hydroxylation is 1. The van der Waals surface area contributed by atoms with Gasteiger partial charge in [-0.1, -0.05) is 15.9 Å². The third kappa shape index (κ3) is 2.62. The number of carbonyl (C=O) groups excluding carboxylic acids is 1. The number of hydrogen-bond acceptors (Lipinski definition) is 4. The van der Waals surface area contributed by atoms with E-state index in [-0.39, 0.29) is 0 Å². The summed E-state index contributed by atoms with van der Waals surface area (Å²) in [5.74, 6) is 0. The van der Waals surface area contributed by atoms with Crippen LogP contribution in [0.3, 0.4) is 0 Å². The number of benzene rings is 1. The molecule has 0 spiro atoms. The molecular formula is C15H11BrN4O. The Bertz CT molecular complexity index is 799. The number of rotatable bonds is 3. The Morgan fingerprint density at radius 2 is 2.14 bits per heavy atom. The summed E-state index contributed by atoms with van der Waals surface area (Å²) in [5, 5.41) is 4.48. The molecule has 0 bridgehead atoms. The van der Waals surface area contributed by atoms with E-state index in [9.17, 15) is 4.79 Å². The molecule has 0 unspecified atom stereocenters. The fourth-order valence-electron chi connectivity index (χ4n) is 2.09. The van der Waals surface area contributed by atoms with Gasteiger partial charge in [0, 0.05) is 23.1 Å². The van der Waals surface area contributed by atoms with Crippen LogP contribution in [0.4, 0.5) is 0 Å². The molecule has 5 nitrogen and oxygen atoms in total. The molecule has 0 atom stereocenters. The van der Waals surface area contributed by atoms with Crippen LogP contribution in [0.2, 0.25) is 0 Å². The third-order valence-corrected chi connectivity index (χ3v) is 3.57. The fraction of sp³-hybridized carbons (Fsp3) is 0.0667. The molecule has 21 heavy (non-hydrogen) atoms. The van der Waals surface area contributed by atoms with Gasteiger partial charge in [-0.25, -0.2) is 4.68 Å². The van der Waals surface area contributed by atoms with Crippen LogP contribution in [-0.2, 0) is 0 Å². The summed E-state index contributed by atoms with van der Waals surface area (Å²) >= 11 is 3.43. The molecule has 0 saturated heterocycles. The first-order valence-electron chi connectivity index (χ1n) is 6.27. The number of carbonyl (C=O) groups is 1. The molecule has 0 saturated carbocycles. The molecule has 0 fully saturated rings. The number of halogens is 1. The molecule has 1 aromatic carbocycles. The van der Waals surface area contributed by atoms with Crippen LogP contribution in [0.1, 0.15) is 15.9 Å². The van der Waals surface area contributed by atoms with E-state index in [0.29, 0.717) is 17.0 Å². The van der Waals surface area contributed by atoms with Gasteiger partial charge < -0.3 is 0 Å². The lowest BCUT2D eigenvalue weighted by atomic mass is 10.2. The average Bonchev–Trinajstić information content (AvgIpc) is 2.92. The summed E-state index contributed by atoms with van der Waals surface area (Å²) in [6.45, 7) is 1.99. The first-order chi connectivity index (χ1) is 10.2. The molecule has 0 amide bonds. The van der Waals surface area contributed by atoms with Crippen molar-refractivity contribution in [1.82, 2.24) is 19.7 Å². The smallest absolute Gasteiger partial charge is 0.153 e. The highest BCUT2D eigenvalue weighted by Crippen LogP contribution is 2.23. The minimum absolute atomic E-state index is 0.484. The maximum atomic E-state index is 11.3. The zero-order chi connectivity index (χ0) is 14.8. The topological polar surface area (TPSA) is 60.7 Å². The highest BCUT2D eigenvalue weighted by atomic mass is 79.9. The highest BCUT2D eigenvalue weighted by molar-refractivity contribution is 9.10. The van der Waals surface area contributed by atoms with Crippen molar-refractivity contribution in [3.05, 3.63) is 58.6 Å². The minimum atomic E-state index is 0.484. The molecule has 2 heterocycles. The minimum Gasteiger partial charge on any atom is -0.298 e. The molecule has 0 aliphatic rings. The van der Waals surface area contributed by atoms with Gasteiger partial charge in [0.05, 0.1) is 17.4 Å². The van der Waals surface area contributed by atoms with Gasteiger partial charge in [-0.2, -0.15) is 5.10 Å². The van der Waals surface area contributed by atoms with Crippen molar-refractivity contribution >= 4 is 22.2 Å². The summed E-state index contributed by atoms with van der Waals surface area (Å²) in [6, 6.07) is 5.88. The van der Waals surface area contributed by atoms with Crippen molar-refractivity contribution in [3.63, 3.8) is 0 Å². The molecule has 3 rings (SSSR count). The normalized spacial score (nSPS) is 10.6. The SMILES string of the molecule is Cc1cc(Br)ccc1-n1cc(C=O)c(-c2cnccn2)n1. The van der Waals surface area contributed by atoms with Gasteiger partial charge in [0.15, 0.2) is 6.29 Å². The van der Waals surface area contributed by atoms with Crippen molar-refractivity contribution in [2.75, 3.05) is 0 Å². The summed E-state index contributed by atoms with van der Waals surface area (Å²) in [7, 11) is 0. The molecular weight excluding hydrogens is 332 g/mol. The predicted octanol–water partition coefficient (Wildman–Crippen LogP) is 3.21. The first-order valence-corrected chi connectivity index (χ1v) is 7.06. The fourth-order valence-corrected chi connectivity index (χ4v) is 2.57. The largest absolute Gasteiger partial charge is 0.298 e. The van der Waals surface area contributed by atoms with Gasteiger partial charge >= 0.3 is 0 Å². The Hall–Kier alpha value is -2.34. The maximum Gasteiger partial charge on any atom is 0.153 e. The van der Waals surface area contributed by atoms with Gasteiger partial charge in [-0.05, 0) is 30.7 Å². The molecule has 0 radical (unpaired) electrons. The highest BCUT2D eigenvalue weighted by Gasteiger charge is 2.13. The zero-order valence-electron chi connectivity index (χ0n) is 11.2. The second-order valence-corrected chi connectivity index (χ2v) is 5.43. The quantitative estimate of drug-likeness (QED) is 0.685. The van der Waals surface area contributed by atoms with Gasteiger partial charge in [0.1, 0.15) is 11.4 Å². The van der Waals surface area contributed by atoms with Crippen molar-refractivity contribution < 1.29 is 4.79 Å². The maximum absolute atomic E-state index is 11.3. The van der Waals surface area contributed by atoms with Crippen molar-refractivity contribution in [1.29, 1.82) is 0 Å². The van der Waals surface area contributed by atoms with Crippen molar-refractivity contribution in [2.45, 2.75) is 6.92 Å². The van der Waals surface area contributed by atoms with Gasteiger partial charge in [-0.15, -0.1) is 0 Å². The van der Waals surface area contributed by atoms with Gasteiger partial charge in [0.2, 0.25) is 0 Å². The van der Waals surface area contributed by atoms with Crippen LogP contribution in [0.5, 0.6) is 0 Å². The molecule has 0 N–H and O–H groups in total. The molecule has 0 aliphatic heterocycles. The second kappa shape index (κ2) is 5.57. The van der Waals surface area contributed by atoms with Crippen molar-refractivity contribution in [2.24, 2.45) is 0 Å². The number of aromatic nitrogens is 4. The van der Waals surface area contributed by atoms with Crippen LogP contribution in [0.25, 0.3) is 17.1 Å². The van der Waals surface area contributed by atoms with E-state index in [0.717, 1.165) is 22.0 Å². The van der Waals surface area contributed by atoms with E-state index in [1.807, 2.05) is 25.1 Å². The Balaban J connectivity index is 2.14. The van der Waals surface area contributed by atoms with Crippen LogP contribution in [-0.4, -0.2) is 26.0 Å². The number of hydrogen-bond donors (Lipinski definition) is 0. The average molecular weight is 343 g/mol. The van der Waals surface area contributed by atoms with Crippen LogP contribution < -0.4 is 0 Å². The van der Waals surface area contributed by atoms with Gasteiger partial charge in [-0.3, -0.25) is 14.8 Å². The second-order valence-electron chi connectivity index (χ2n) is 4.52. The Labute approximate surface area is 129 Å². The van der Waals surface area contributed by atoms with Crippen LogP contribution in [0.15, 0.2) is 47.5 Å². The van der Waals surface area contributed by atoms with E-state index in [1.54, 1.807) is 29.5 Å². The summed E-state index contributed by atoms with van der Waals surface area (Å²) in [4.78, 5) is 19.5. The molecule has 104 valence electrons. The van der Waals surface area contributed by atoms with Crippen molar-refractivity contribution in [3.8, 4) is 17.1 Å². The monoisotopic (exact) mass is 342 g/mol. The van der Waals surface area contributed by atoms with E-state index >= 15 is 0 Å². The summed E-state index contributed by atoms with van der Waals surface area (Å²) in [6.07, 6.45) is 7.23. The van der Waals surface area contributed by atoms with E-state index in [2.05, 4.69) is 31.0 Å². The number of aldehydes is 1. The van der Waals surface area contributed by atoms with Crippen LogP contribution >= 0.6 is 15.9 Å². The van der Waals surface area contributed by atoms with Crippen LogP contribution in [0, 0.1) is 6.92 Å². The molecule has 3 aromatic rings. The lowest BCUT2D eigenvalue weighted by Gasteiger charge is -2.05. The number of nitrogens with zero attached hydrogens (tertiary/aromatic N) is 4. The standard InChI is InChI=1S/C15H11BrN4O/c1-10-6-12(16)2-3-14(10)20-8-11(9-21)15(19-20)13-7-17-4-5-18-13/h2-9H,1H3. The van der Waals surface area contributed by atoms with E-state index in [4.69, 9.17) is 0 Å². The summed E-state index contributed by atoms with van der Waals surface area (Å²) < 4.78 is 2.69. The summed E-state index contributed by atoms with van der Waals surface area (Å²) in [5.41, 5.74) is 3.55. The lowest BCUT2D eigenvalue weighted by Crippen LogP contribution is -1.98. The van der Waals surface area contributed by atoms with E-state index < -0.39 is 0 Å². The molecule has 2 aromatic heterocycles. The zero-order valence-corrected chi connectivity index (χ0v) is 12.8. The Morgan fingerprint density at radius 1 is 1.29 bits per heavy atom. The van der Waals surface area contributed by atoms with E-state index in [1.165, 1.54) is 0 Å². The Kier molecular flexibility index (Phi) is 3.62.